The second-order valence-electron chi connectivity index (χ2n) is 5.97. The molecule has 0 aliphatic rings. The van der Waals surface area contributed by atoms with Gasteiger partial charge in [-0.05, 0) is 36.8 Å². The van der Waals surface area contributed by atoms with E-state index >= 15 is 0 Å². The predicted octanol–water partition coefficient (Wildman–Crippen LogP) is 3.70. The molecule has 0 unspecified atom stereocenters. The van der Waals surface area contributed by atoms with Gasteiger partial charge in [0.1, 0.15) is 5.82 Å². The third kappa shape index (κ3) is 4.20. The summed E-state index contributed by atoms with van der Waals surface area (Å²) in [6.45, 7) is 1.86. The molecule has 0 aliphatic heterocycles. The number of hydrogen-bond donors (Lipinski definition) is 0. The van der Waals surface area contributed by atoms with Gasteiger partial charge in [-0.3, -0.25) is 9.78 Å². The van der Waals surface area contributed by atoms with Gasteiger partial charge in [0, 0.05) is 29.2 Å². The SMILES string of the molecule is Cc1ccc(C=CCS(=O)(=O)n2cc(C=O)cc2-c2ccccc2F)cn1. The molecular weight excluding hydrogens is 367 g/mol. The van der Waals surface area contributed by atoms with Crippen molar-refractivity contribution in [2.45, 2.75) is 6.92 Å². The first-order valence-corrected chi connectivity index (χ1v) is 9.76. The molecule has 0 fully saturated rings. The van der Waals surface area contributed by atoms with Crippen LogP contribution in [0.25, 0.3) is 17.3 Å². The maximum absolute atomic E-state index is 14.1. The molecule has 1 aromatic carbocycles. The van der Waals surface area contributed by atoms with E-state index in [2.05, 4.69) is 4.98 Å². The zero-order chi connectivity index (χ0) is 19.4. The van der Waals surface area contributed by atoms with Crippen molar-refractivity contribution >= 4 is 22.4 Å². The van der Waals surface area contributed by atoms with Gasteiger partial charge in [-0.25, -0.2) is 16.8 Å². The fourth-order valence-corrected chi connectivity index (χ4v) is 3.82. The van der Waals surface area contributed by atoms with E-state index in [-0.39, 0.29) is 22.6 Å². The average molecular weight is 384 g/mol. The van der Waals surface area contributed by atoms with Crippen molar-refractivity contribution in [3.8, 4) is 11.3 Å². The molecule has 0 radical (unpaired) electrons. The number of carbonyl (C=O) groups excluding carboxylic acids is 1. The molecule has 3 rings (SSSR count). The largest absolute Gasteiger partial charge is 0.298 e. The maximum atomic E-state index is 14.1. The van der Waals surface area contributed by atoms with Crippen LogP contribution in [-0.4, -0.2) is 29.4 Å². The highest BCUT2D eigenvalue weighted by Gasteiger charge is 2.20. The molecule has 0 N–H and O–H groups in total. The van der Waals surface area contributed by atoms with E-state index < -0.39 is 15.8 Å². The minimum Gasteiger partial charge on any atom is -0.298 e. The molecule has 0 spiro atoms. The van der Waals surface area contributed by atoms with Crippen LogP contribution in [-0.2, 0) is 10.0 Å². The lowest BCUT2D eigenvalue weighted by Gasteiger charge is -2.09. The molecule has 138 valence electrons. The Hall–Kier alpha value is -3.06. The molecule has 0 saturated carbocycles. The summed E-state index contributed by atoms with van der Waals surface area (Å²) in [5.41, 5.74) is 2.01. The van der Waals surface area contributed by atoms with Gasteiger partial charge >= 0.3 is 0 Å². The Labute approximate surface area is 156 Å². The monoisotopic (exact) mass is 384 g/mol. The average Bonchev–Trinajstić information content (AvgIpc) is 3.09. The normalized spacial score (nSPS) is 11.8. The van der Waals surface area contributed by atoms with Crippen molar-refractivity contribution < 1.29 is 17.6 Å². The Morgan fingerprint density at radius 1 is 1.15 bits per heavy atom. The van der Waals surface area contributed by atoms with Crippen molar-refractivity contribution in [1.29, 1.82) is 0 Å². The maximum Gasteiger partial charge on any atom is 0.242 e. The van der Waals surface area contributed by atoms with Gasteiger partial charge in [-0.15, -0.1) is 0 Å². The van der Waals surface area contributed by atoms with Crippen LogP contribution in [0.3, 0.4) is 0 Å². The zero-order valence-electron chi connectivity index (χ0n) is 14.5. The van der Waals surface area contributed by atoms with Crippen LogP contribution in [0.15, 0.2) is 60.9 Å². The molecule has 0 saturated heterocycles. The number of pyridine rings is 1. The minimum atomic E-state index is -3.84. The number of aldehydes is 1. The topological polar surface area (TPSA) is 69.0 Å². The van der Waals surface area contributed by atoms with Gasteiger partial charge < -0.3 is 0 Å². The number of carbonyl (C=O) groups is 1. The summed E-state index contributed by atoms with van der Waals surface area (Å²) in [5, 5.41) is 0. The van der Waals surface area contributed by atoms with Crippen molar-refractivity contribution in [2.24, 2.45) is 0 Å². The first-order valence-electron chi connectivity index (χ1n) is 8.15. The standard InChI is InChI=1S/C20H17FN2O3S/c1-15-8-9-16(12-22-15)5-4-10-27(25,26)23-13-17(14-24)11-20(23)18-6-2-3-7-19(18)21/h2-9,11-14H,10H2,1H3. The molecule has 3 aromatic rings. The van der Waals surface area contributed by atoms with Gasteiger partial charge in [0.05, 0.1) is 11.4 Å². The van der Waals surface area contributed by atoms with Crippen molar-refractivity contribution in [1.82, 2.24) is 8.96 Å². The molecule has 0 bridgehead atoms. The second kappa shape index (κ2) is 7.67. The lowest BCUT2D eigenvalue weighted by molar-refractivity contribution is 0.112. The molecule has 2 aromatic heterocycles. The zero-order valence-corrected chi connectivity index (χ0v) is 15.4. The van der Waals surface area contributed by atoms with Gasteiger partial charge in [-0.2, -0.15) is 0 Å². The van der Waals surface area contributed by atoms with Gasteiger partial charge in [0.15, 0.2) is 6.29 Å². The highest BCUT2D eigenvalue weighted by Crippen LogP contribution is 2.26. The van der Waals surface area contributed by atoms with E-state index in [0.717, 1.165) is 15.2 Å². The van der Waals surface area contributed by atoms with E-state index in [0.29, 0.717) is 6.29 Å². The van der Waals surface area contributed by atoms with Crippen LogP contribution >= 0.6 is 0 Å². The molecule has 27 heavy (non-hydrogen) atoms. The fraction of sp³-hybridized carbons (Fsp3) is 0.100. The Morgan fingerprint density at radius 2 is 1.93 bits per heavy atom. The Kier molecular flexibility index (Phi) is 5.32. The van der Waals surface area contributed by atoms with E-state index in [4.69, 9.17) is 0 Å². The predicted molar refractivity (Wildman–Crippen MR) is 102 cm³/mol. The summed E-state index contributed by atoms with van der Waals surface area (Å²) >= 11 is 0. The number of rotatable bonds is 6. The molecule has 7 heteroatoms. The third-order valence-electron chi connectivity index (χ3n) is 3.94. The van der Waals surface area contributed by atoms with Gasteiger partial charge in [0.25, 0.3) is 0 Å². The van der Waals surface area contributed by atoms with Crippen molar-refractivity contribution in [2.75, 3.05) is 5.75 Å². The van der Waals surface area contributed by atoms with Crippen LogP contribution in [0, 0.1) is 12.7 Å². The van der Waals surface area contributed by atoms with Crippen LogP contribution in [0.5, 0.6) is 0 Å². The van der Waals surface area contributed by atoms with Crippen molar-refractivity contribution in [3.63, 3.8) is 0 Å². The second-order valence-corrected chi connectivity index (χ2v) is 7.86. The quantitative estimate of drug-likeness (QED) is 0.608. The first-order chi connectivity index (χ1) is 12.9. The summed E-state index contributed by atoms with van der Waals surface area (Å²) in [7, 11) is -3.84. The number of nitrogens with zero attached hydrogens (tertiary/aromatic N) is 2. The smallest absolute Gasteiger partial charge is 0.242 e. The van der Waals surface area contributed by atoms with Gasteiger partial charge in [-0.1, -0.05) is 30.4 Å². The summed E-state index contributed by atoms with van der Waals surface area (Å²) < 4.78 is 40.6. The number of aryl methyl sites for hydroxylation is 1. The van der Waals surface area contributed by atoms with E-state index in [9.17, 15) is 17.6 Å². The number of hydrogen-bond acceptors (Lipinski definition) is 4. The molecule has 2 heterocycles. The number of benzene rings is 1. The van der Waals surface area contributed by atoms with E-state index in [1.807, 2.05) is 19.1 Å². The van der Waals surface area contributed by atoms with Gasteiger partial charge in [0.2, 0.25) is 10.0 Å². The summed E-state index contributed by atoms with van der Waals surface area (Å²) in [5.74, 6) is -0.874. The van der Waals surface area contributed by atoms with Crippen molar-refractivity contribution in [3.05, 3.63) is 83.6 Å². The molecule has 0 amide bonds. The Bertz CT molecular complexity index is 1100. The molecule has 0 aliphatic carbocycles. The first kappa shape index (κ1) is 18.7. The Balaban J connectivity index is 1.94. The summed E-state index contributed by atoms with van der Waals surface area (Å²) in [6, 6.07) is 10.8. The van der Waals surface area contributed by atoms with Crippen LogP contribution in [0.2, 0.25) is 0 Å². The van der Waals surface area contributed by atoms with E-state index in [1.54, 1.807) is 18.3 Å². The van der Waals surface area contributed by atoms with Crippen LogP contribution in [0.1, 0.15) is 21.6 Å². The van der Waals surface area contributed by atoms with Crippen LogP contribution < -0.4 is 0 Å². The Morgan fingerprint density at radius 3 is 2.59 bits per heavy atom. The fourth-order valence-electron chi connectivity index (χ4n) is 2.59. The highest BCUT2D eigenvalue weighted by molar-refractivity contribution is 7.90. The molecule has 5 nitrogen and oxygen atoms in total. The molecular formula is C20H17FN2O3S. The number of aromatic nitrogens is 2. The van der Waals surface area contributed by atoms with E-state index in [1.165, 1.54) is 36.5 Å². The molecule has 0 atom stereocenters. The minimum absolute atomic E-state index is 0.112. The lowest BCUT2D eigenvalue weighted by Crippen LogP contribution is -2.15. The highest BCUT2D eigenvalue weighted by atomic mass is 32.2. The lowest BCUT2D eigenvalue weighted by atomic mass is 10.1. The third-order valence-corrected chi connectivity index (χ3v) is 5.46. The number of halogens is 1. The summed E-state index contributed by atoms with van der Waals surface area (Å²) in [4.78, 5) is 15.3. The summed E-state index contributed by atoms with van der Waals surface area (Å²) in [6.07, 6.45) is 6.52. The van der Waals surface area contributed by atoms with Crippen LogP contribution in [0.4, 0.5) is 4.39 Å².